The Bertz CT molecular complexity index is 1900. The van der Waals surface area contributed by atoms with Crippen molar-refractivity contribution < 1.29 is 27.2 Å². The van der Waals surface area contributed by atoms with Crippen LogP contribution >= 0.6 is 11.3 Å². The molecule has 2 heterocycles. The highest BCUT2D eigenvalue weighted by molar-refractivity contribution is 7.10. The minimum absolute atomic E-state index is 0.0233. The summed E-state index contributed by atoms with van der Waals surface area (Å²) in [5.41, 5.74) is 1.43. The molecule has 0 N–H and O–H groups in total. The molecule has 5 aromatic rings. The van der Waals surface area contributed by atoms with Crippen LogP contribution in [0.25, 0.3) is 22.1 Å². The molecule has 0 saturated heterocycles. The van der Waals surface area contributed by atoms with Crippen molar-refractivity contribution >= 4 is 39.7 Å². The second kappa shape index (κ2) is 11.8. The summed E-state index contributed by atoms with van der Waals surface area (Å²) in [6.45, 7) is 0. The molecule has 44 heavy (non-hydrogen) atoms. The predicted octanol–water partition coefficient (Wildman–Crippen LogP) is 8.37. The van der Waals surface area contributed by atoms with Crippen molar-refractivity contribution in [1.29, 1.82) is 0 Å². The first-order valence-corrected chi connectivity index (χ1v) is 15.0. The summed E-state index contributed by atoms with van der Waals surface area (Å²) in [4.78, 5) is 45.6. The Morgan fingerprint density at radius 1 is 0.932 bits per heavy atom. The highest BCUT2D eigenvalue weighted by Crippen LogP contribution is 2.40. The molecule has 10 heteroatoms. The van der Waals surface area contributed by atoms with Gasteiger partial charge in [0.15, 0.2) is 5.78 Å². The van der Waals surface area contributed by atoms with Crippen molar-refractivity contribution in [2.75, 3.05) is 11.9 Å². The van der Waals surface area contributed by atoms with E-state index in [1.54, 1.807) is 53.9 Å². The zero-order valence-electron chi connectivity index (χ0n) is 23.6. The SMILES string of the molecule is CN(C(=O)c1csc(C2CCC(C(=O)c3ccccc3-c3ccc(C(F)(F)F)cc3)CC2)n1)c1coc2ccccc2c1=O. The molecule has 0 bridgehead atoms. The Labute approximate surface area is 254 Å². The Balaban J connectivity index is 1.13. The van der Waals surface area contributed by atoms with Gasteiger partial charge in [-0.1, -0.05) is 48.5 Å². The number of carbonyl (C=O) groups is 2. The zero-order valence-corrected chi connectivity index (χ0v) is 24.5. The Morgan fingerprint density at radius 3 is 2.34 bits per heavy atom. The van der Waals surface area contributed by atoms with E-state index in [1.807, 2.05) is 0 Å². The average molecular weight is 617 g/mol. The Kier molecular flexibility index (Phi) is 7.94. The minimum atomic E-state index is -4.43. The van der Waals surface area contributed by atoms with Crippen LogP contribution in [0.4, 0.5) is 18.9 Å². The second-order valence-corrected chi connectivity index (χ2v) is 11.8. The molecular weight excluding hydrogens is 589 g/mol. The first-order chi connectivity index (χ1) is 21.1. The number of hydrogen-bond donors (Lipinski definition) is 0. The monoisotopic (exact) mass is 616 g/mol. The number of halogens is 3. The highest BCUT2D eigenvalue weighted by atomic mass is 32.1. The van der Waals surface area contributed by atoms with Crippen molar-refractivity contribution in [3.05, 3.63) is 116 Å². The van der Waals surface area contributed by atoms with E-state index in [-0.39, 0.29) is 34.4 Å². The number of carbonyl (C=O) groups excluding carboxylic acids is 2. The molecule has 1 fully saturated rings. The molecule has 1 aliphatic carbocycles. The molecule has 1 saturated carbocycles. The summed E-state index contributed by atoms with van der Waals surface area (Å²) < 4.78 is 44.7. The van der Waals surface area contributed by atoms with E-state index in [9.17, 15) is 27.6 Å². The lowest BCUT2D eigenvalue weighted by atomic mass is 9.78. The molecular formula is C34H27F3N2O4S. The molecule has 0 atom stereocenters. The smallest absolute Gasteiger partial charge is 0.416 e. The third-order valence-electron chi connectivity index (χ3n) is 8.23. The predicted molar refractivity (Wildman–Crippen MR) is 163 cm³/mol. The number of aromatic nitrogens is 1. The van der Waals surface area contributed by atoms with Gasteiger partial charge >= 0.3 is 6.18 Å². The summed E-state index contributed by atoms with van der Waals surface area (Å²) >= 11 is 1.39. The van der Waals surface area contributed by atoms with Crippen molar-refractivity contribution in [3.8, 4) is 11.1 Å². The van der Waals surface area contributed by atoms with E-state index in [0.29, 0.717) is 53.3 Å². The molecule has 3 aromatic carbocycles. The van der Waals surface area contributed by atoms with Gasteiger partial charge in [-0.3, -0.25) is 14.4 Å². The van der Waals surface area contributed by atoms with Crippen LogP contribution in [0.3, 0.4) is 0 Å². The molecule has 224 valence electrons. The zero-order chi connectivity index (χ0) is 31.0. The Morgan fingerprint density at radius 2 is 1.61 bits per heavy atom. The van der Waals surface area contributed by atoms with Crippen LogP contribution in [0.5, 0.6) is 0 Å². The van der Waals surface area contributed by atoms with E-state index in [0.717, 1.165) is 17.1 Å². The number of nitrogens with zero attached hydrogens (tertiary/aromatic N) is 2. The van der Waals surface area contributed by atoms with Gasteiger partial charge in [0.25, 0.3) is 5.91 Å². The first-order valence-electron chi connectivity index (χ1n) is 14.2. The van der Waals surface area contributed by atoms with Crippen LogP contribution in [-0.2, 0) is 6.18 Å². The largest absolute Gasteiger partial charge is 0.462 e. The van der Waals surface area contributed by atoms with Crippen LogP contribution in [0.1, 0.15) is 63.0 Å². The van der Waals surface area contributed by atoms with Crippen molar-refractivity contribution in [3.63, 3.8) is 0 Å². The highest BCUT2D eigenvalue weighted by Gasteiger charge is 2.32. The molecule has 0 unspecified atom stereocenters. The standard InChI is InChI=1S/C34H27F3N2O4S/c1-39(28-18-43-29-9-5-4-8-26(29)31(28)41)33(42)27-19-44-32(38-27)22-12-10-21(11-13-22)30(40)25-7-3-2-6-24(25)20-14-16-23(17-15-20)34(35,36)37/h2-9,14-19,21-22H,10-13H2,1H3. The summed E-state index contributed by atoms with van der Waals surface area (Å²) in [7, 11) is 1.52. The fourth-order valence-electron chi connectivity index (χ4n) is 5.76. The number of amides is 1. The lowest BCUT2D eigenvalue weighted by molar-refractivity contribution is -0.137. The number of alkyl halides is 3. The minimum Gasteiger partial charge on any atom is -0.462 e. The van der Waals surface area contributed by atoms with Crippen molar-refractivity contribution in [2.45, 2.75) is 37.8 Å². The van der Waals surface area contributed by atoms with Gasteiger partial charge in [-0.2, -0.15) is 13.2 Å². The molecule has 6 nitrogen and oxygen atoms in total. The van der Waals surface area contributed by atoms with Gasteiger partial charge in [0, 0.05) is 29.8 Å². The number of hydrogen-bond acceptors (Lipinski definition) is 6. The number of Topliss-reactive ketones (excluding diaryl/α,β-unsaturated/α-hetero) is 1. The van der Waals surface area contributed by atoms with Crippen molar-refractivity contribution in [2.24, 2.45) is 5.92 Å². The van der Waals surface area contributed by atoms with Gasteiger partial charge in [-0.25, -0.2) is 4.98 Å². The summed E-state index contributed by atoms with van der Waals surface area (Å²) in [5, 5.41) is 2.88. The maximum Gasteiger partial charge on any atom is 0.416 e. The topological polar surface area (TPSA) is 80.5 Å². The number of rotatable bonds is 6. The third-order valence-corrected chi connectivity index (χ3v) is 9.24. The van der Waals surface area contributed by atoms with Crippen LogP contribution in [0.2, 0.25) is 0 Å². The fourth-order valence-corrected chi connectivity index (χ4v) is 6.73. The lowest BCUT2D eigenvalue weighted by Gasteiger charge is -2.27. The quantitative estimate of drug-likeness (QED) is 0.179. The summed E-state index contributed by atoms with van der Waals surface area (Å²) in [6.07, 6.45) is -0.461. The number of anilines is 1. The maximum atomic E-state index is 13.6. The normalized spacial score (nSPS) is 17.0. The first kappa shape index (κ1) is 29.5. The number of ketones is 1. The molecule has 2 aromatic heterocycles. The summed E-state index contributed by atoms with van der Waals surface area (Å²) in [6, 6.07) is 18.7. The van der Waals surface area contributed by atoms with Crippen LogP contribution in [0.15, 0.2) is 93.7 Å². The van der Waals surface area contributed by atoms with Gasteiger partial charge in [-0.05, 0) is 61.1 Å². The molecule has 1 amide bonds. The van der Waals surface area contributed by atoms with Gasteiger partial charge in [0.2, 0.25) is 5.43 Å². The van der Waals surface area contributed by atoms with E-state index < -0.39 is 17.6 Å². The van der Waals surface area contributed by atoms with Gasteiger partial charge in [0.05, 0.1) is 16.0 Å². The third kappa shape index (κ3) is 5.69. The molecule has 1 aliphatic rings. The number of fused-ring (bicyclic) bond motifs is 1. The Hall–Kier alpha value is -4.57. The second-order valence-electron chi connectivity index (χ2n) is 10.9. The van der Waals surface area contributed by atoms with Crippen LogP contribution in [-0.4, -0.2) is 23.7 Å². The molecule has 0 radical (unpaired) electrons. The van der Waals surface area contributed by atoms with Gasteiger partial charge in [-0.15, -0.1) is 11.3 Å². The van der Waals surface area contributed by atoms with Crippen LogP contribution < -0.4 is 10.3 Å². The molecule has 6 rings (SSSR count). The van der Waals surface area contributed by atoms with E-state index in [2.05, 4.69) is 4.98 Å². The van der Waals surface area contributed by atoms with Crippen LogP contribution in [0, 0.1) is 5.92 Å². The molecule has 0 aliphatic heterocycles. The van der Waals surface area contributed by atoms with Gasteiger partial charge < -0.3 is 9.32 Å². The number of benzene rings is 3. The fraction of sp³-hybridized carbons (Fsp3) is 0.235. The van der Waals surface area contributed by atoms with E-state index in [1.165, 1.54) is 41.7 Å². The van der Waals surface area contributed by atoms with E-state index >= 15 is 0 Å². The number of thiazole rings is 1. The molecule has 0 spiro atoms. The maximum absolute atomic E-state index is 13.6. The van der Waals surface area contributed by atoms with Gasteiger partial charge in [0.1, 0.15) is 23.2 Å². The average Bonchev–Trinajstić information content (AvgIpc) is 3.54. The van der Waals surface area contributed by atoms with E-state index in [4.69, 9.17) is 4.42 Å². The lowest BCUT2D eigenvalue weighted by Crippen LogP contribution is -2.30. The number of para-hydroxylation sites is 1. The summed E-state index contributed by atoms with van der Waals surface area (Å²) in [5.74, 6) is -0.573. The van der Waals surface area contributed by atoms with Crippen molar-refractivity contribution in [1.82, 2.24) is 4.98 Å².